The van der Waals surface area contributed by atoms with Crippen LogP contribution in [0.2, 0.25) is 0 Å². The van der Waals surface area contributed by atoms with Gasteiger partial charge in [-0.05, 0) is 49.4 Å². The minimum Gasteiger partial charge on any atom is -0.569 e. The van der Waals surface area contributed by atoms with E-state index in [4.69, 9.17) is 14.3 Å². The first-order chi connectivity index (χ1) is 23.3. The summed E-state index contributed by atoms with van der Waals surface area (Å²) in [4.78, 5) is 28.9. The van der Waals surface area contributed by atoms with Gasteiger partial charge in [0.2, 0.25) is 5.28 Å². The molecule has 1 aromatic heterocycles. The molecule has 14 nitrogen and oxygen atoms in total. The normalized spacial score (nSPS) is 14.3. The third kappa shape index (κ3) is 8.83. The fourth-order valence-corrected chi connectivity index (χ4v) is 5.63. The highest BCUT2D eigenvalue weighted by Crippen LogP contribution is 2.33. The molecule has 0 aliphatic carbocycles. The summed E-state index contributed by atoms with van der Waals surface area (Å²) in [7, 11) is -4.43. The first-order valence-electron chi connectivity index (χ1n) is 14.7. The average molecular weight is 703 g/mol. The van der Waals surface area contributed by atoms with E-state index >= 15 is 0 Å². The van der Waals surface area contributed by atoms with Crippen LogP contribution in [0.1, 0.15) is 34.5 Å². The maximum absolute atomic E-state index is 13.5. The summed E-state index contributed by atoms with van der Waals surface area (Å²) >= 11 is 0. The zero-order valence-corrected chi connectivity index (χ0v) is 26.6. The zero-order valence-electron chi connectivity index (χ0n) is 25.7. The lowest BCUT2D eigenvalue weighted by molar-refractivity contribution is -0.714. The summed E-state index contributed by atoms with van der Waals surface area (Å²) in [6.45, 7) is 1.41. The van der Waals surface area contributed by atoms with Crippen LogP contribution in [0, 0.1) is 12.1 Å². The molecule has 0 spiro atoms. The Kier molecular flexibility index (Phi) is 10.4. The quantitative estimate of drug-likeness (QED) is 0.0567. The van der Waals surface area contributed by atoms with Gasteiger partial charge in [-0.25, -0.2) is 27.4 Å². The standard InChI is InChI=1S/C31H29F3N6O8S/c1-21-7-9-22(10-8-21)27-19-28(31(32,33)34)35-39(27)24-11-13-26(14-12-24)49(44,45)36-30(42)48-25-15-17-38(18-16-25)40(43)37-47-20-46-29(41)23-5-3-2-4-6-23/h2-14,19,25H,15-18,20H2,1H3,(H,36,42). The Hall–Kier alpha value is -5.65. The number of hydrogen-bond acceptors (Lipinski definition) is 10. The van der Waals surface area contributed by atoms with Gasteiger partial charge in [0.1, 0.15) is 6.10 Å². The van der Waals surface area contributed by atoms with Crippen molar-refractivity contribution in [2.75, 3.05) is 19.9 Å². The Balaban J connectivity index is 1.13. The van der Waals surface area contributed by atoms with Crippen molar-refractivity contribution in [2.24, 2.45) is 5.28 Å². The van der Waals surface area contributed by atoms with E-state index < -0.39 is 46.9 Å². The number of hydrazine groups is 1. The Morgan fingerprint density at radius 1 is 1.02 bits per heavy atom. The van der Waals surface area contributed by atoms with E-state index in [1.54, 1.807) is 54.6 Å². The number of amides is 1. The van der Waals surface area contributed by atoms with Crippen LogP contribution in [-0.4, -0.2) is 66.2 Å². The van der Waals surface area contributed by atoms with Crippen LogP contribution in [-0.2, 0) is 30.5 Å². The van der Waals surface area contributed by atoms with Gasteiger partial charge < -0.3 is 19.5 Å². The fourth-order valence-electron chi connectivity index (χ4n) is 4.75. The molecule has 258 valence electrons. The number of nitrogens with one attached hydrogen (secondary N) is 1. The minimum atomic E-state index is -4.71. The molecule has 0 unspecified atom stereocenters. The number of piperidine rings is 1. The molecule has 1 saturated heterocycles. The highest BCUT2D eigenvalue weighted by Gasteiger charge is 2.35. The van der Waals surface area contributed by atoms with Crippen molar-refractivity contribution in [3.8, 4) is 16.9 Å². The fraction of sp³-hybridized carbons (Fsp3) is 0.258. The number of carbonyl (C=O) groups excluding carboxylic acids is 2. The van der Waals surface area contributed by atoms with Crippen LogP contribution in [0.25, 0.3) is 16.9 Å². The summed E-state index contributed by atoms with van der Waals surface area (Å²) in [5, 5.41) is 20.5. The number of alkyl halides is 3. The lowest BCUT2D eigenvalue weighted by atomic mass is 10.1. The van der Waals surface area contributed by atoms with Crippen LogP contribution >= 0.6 is 0 Å². The lowest BCUT2D eigenvalue weighted by Gasteiger charge is -2.27. The minimum absolute atomic E-state index is 0.0837. The monoisotopic (exact) mass is 702 g/mol. The number of ether oxygens (including phenoxy) is 2. The Morgan fingerprint density at radius 3 is 2.31 bits per heavy atom. The van der Waals surface area contributed by atoms with E-state index in [0.717, 1.165) is 28.4 Å². The molecule has 0 saturated carbocycles. The maximum atomic E-state index is 13.5. The highest BCUT2D eigenvalue weighted by atomic mass is 32.2. The maximum Gasteiger partial charge on any atom is 0.435 e. The molecule has 1 amide bonds. The van der Waals surface area contributed by atoms with Crippen molar-refractivity contribution in [3.63, 3.8) is 0 Å². The van der Waals surface area contributed by atoms with E-state index in [-0.39, 0.29) is 47.2 Å². The number of benzene rings is 3. The number of aromatic nitrogens is 2. The predicted octanol–water partition coefficient (Wildman–Crippen LogP) is 5.37. The topological polar surface area (TPSA) is 167 Å². The number of halogens is 3. The van der Waals surface area contributed by atoms with Crippen LogP contribution in [0.4, 0.5) is 18.0 Å². The molecule has 0 atom stereocenters. The molecule has 1 N–H and O–H groups in total. The molecule has 18 heteroatoms. The molecule has 0 bridgehead atoms. The average Bonchev–Trinajstić information content (AvgIpc) is 3.54. The zero-order chi connectivity index (χ0) is 35.2. The van der Waals surface area contributed by atoms with E-state index in [1.165, 1.54) is 17.1 Å². The number of nitrogens with zero attached hydrogens (tertiary/aromatic N) is 5. The molecule has 2 heterocycles. The number of carbonyl (C=O) groups is 2. The summed E-state index contributed by atoms with van der Waals surface area (Å²) in [5.74, 6) is -0.659. The van der Waals surface area contributed by atoms with Gasteiger partial charge in [-0.3, -0.25) is 0 Å². The van der Waals surface area contributed by atoms with Crippen LogP contribution < -0.4 is 4.72 Å². The first-order valence-corrected chi connectivity index (χ1v) is 16.1. The molecule has 1 aliphatic heterocycles. The van der Waals surface area contributed by atoms with E-state index in [2.05, 4.69) is 10.4 Å². The van der Waals surface area contributed by atoms with Gasteiger partial charge in [-0.1, -0.05) is 48.0 Å². The Morgan fingerprint density at radius 2 is 1.67 bits per heavy atom. The number of sulfonamides is 1. The van der Waals surface area contributed by atoms with Crippen LogP contribution in [0.5, 0.6) is 0 Å². The lowest BCUT2D eigenvalue weighted by Crippen LogP contribution is -2.43. The number of hydrogen-bond donors (Lipinski definition) is 1. The van der Waals surface area contributed by atoms with Crippen molar-refractivity contribution in [2.45, 2.75) is 36.9 Å². The number of esters is 1. The predicted molar refractivity (Wildman–Crippen MR) is 164 cm³/mol. The van der Waals surface area contributed by atoms with E-state index in [1.807, 2.05) is 11.6 Å². The van der Waals surface area contributed by atoms with Crippen molar-refractivity contribution >= 4 is 22.1 Å². The molecular weight excluding hydrogens is 673 g/mol. The number of aryl methyl sites for hydroxylation is 1. The Labute approximate surface area is 277 Å². The molecule has 1 fully saturated rings. The summed E-state index contributed by atoms with van der Waals surface area (Å²) in [6.07, 6.45) is -6.37. The first kappa shape index (κ1) is 34.7. The van der Waals surface area contributed by atoms with Gasteiger partial charge in [0.05, 0.1) is 39.9 Å². The second kappa shape index (κ2) is 14.6. The van der Waals surface area contributed by atoms with Crippen LogP contribution in [0.15, 0.2) is 95.1 Å². The van der Waals surface area contributed by atoms with Gasteiger partial charge >= 0.3 is 18.2 Å². The summed E-state index contributed by atoms with van der Waals surface area (Å²) < 4.78 is 79.3. The van der Waals surface area contributed by atoms with E-state index in [0.29, 0.717) is 11.1 Å². The third-order valence-corrected chi connectivity index (χ3v) is 8.60. The van der Waals surface area contributed by atoms with Crippen molar-refractivity contribution in [1.82, 2.24) is 19.5 Å². The van der Waals surface area contributed by atoms with Crippen LogP contribution in [0.3, 0.4) is 0 Å². The Bertz CT molecular complexity index is 1910. The molecule has 4 aromatic rings. The second-order valence-corrected chi connectivity index (χ2v) is 12.4. The van der Waals surface area contributed by atoms with Gasteiger partial charge in [0, 0.05) is 18.4 Å². The smallest absolute Gasteiger partial charge is 0.435 e. The molecule has 0 radical (unpaired) electrons. The van der Waals surface area contributed by atoms with Crippen molar-refractivity contribution < 1.29 is 50.5 Å². The summed E-state index contributed by atoms with van der Waals surface area (Å²) in [6, 6.07) is 20.6. The van der Waals surface area contributed by atoms with Gasteiger partial charge in [0.25, 0.3) is 16.8 Å². The largest absolute Gasteiger partial charge is 0.569 e. The molecule has 5 rings (SSSR count). The van der Waals surface area contributed by atoms with Gasteiger partial charge in [-0.15, -0.1) is 5.01 Å². The SMILES string of the molecule is Cc1ccc(-c2cc(C(F)(F)F)nn2-c2ccc(S(=O)(=O)NC(=O)OC3CCN([N+]([O-])=NOCOC(=O)c4ccccc4)CC3)cc2)cc1. The molecular formula is C31H29F3N6O8S. The van der Waals surface area contributed by atoms with Crippen molar-refractivity contribution in [1.29, 1.82) is 0 Å². The van der Waals surface area contributed by atoms with Gasteiger partial charge in [-0.2, -0.15) is 18.3 Å². The second-order valence-electron chi connectivity index (χ2n) is 10.7. The number of rotatable bonds is 10. The van der Waals surface area contributed by atoms with E-state index in [9.17, 15) is 36.4 Å². The molecule has 1 aliphatic rings. The van der Waals surface area contributed by atoms with Gasteiger partial charge in [0.15, 0.2) is 5.69 Å². The third-order valence-electron chi connectivity index (χ3n) is 7.27. The molecule has 3 aromatic carbocycles. The summed E-state index contributed by atoms with van der Waals surface area (Å²) in [5.41, 5.74) is 0.838. The highest BCUT2D eigenvalue weighted by molar-refractivity contribution is 7.90. The van der Waals surface area contributed by atoms with Crippen molar-refractivity contribution in [3.05, 3.63) is 107 Å². The molecule has 49 heavy (non-hydrogen) atoms.